The number of rotatable bonds is 6. The second-order valence-corrected chi connectivity index (χ2v) is 10.7. The van der Waals surface area contributed by atoms with Gasteiger partial charge in [0.1, 0.15) is 10.7 Å². The van der Waals surface area contributed by atoms with E-state index in [-0.39, 0.29) is 17.2 Å². The molecule has 6 nitrogen and oxygen atoms in total. The Morgan fingerprint density at radius 3 is 2.61 bits per heavy atom. The Balaban J connectivity index is 1.70. The van der Waals surface area contributed by atoms with E-state index in [1.165, 1.54) is 9.56 Å². The maximum absolute atomic E-state index is 13.5. The summed E-state index contributed by atoms with van der Waals surface area (Å²) in [4.78, 5) is 27.7. The van der Waals surface area contributed by atoms with E-state index in [0.717, 1.165) is 42.5 Å². The van der Waals surface area contributed by atoms with Crippen LogP contribution in [0.2, 0.25) is 0 Å². The fraction of sp³-hybridized carbons (Fsp3) is 0.423. The lowest BCUT2D eigenvalue weighted by molar-refractivity contribution is 0.101. The number of fused-ring (bicyclic) bond motifs is 1. The molecule has 0 fully saturated rings. The predicted molar refractivity (Wildman–Crippen MR) is 134 cm³/mol. The van der Waals surface area contributed by atoms with Gasteiger partial charge in [0.15, 0.2) is 0 Å². The first kappa shape index (κ1) is 23.2. The molecule has 2 N–H and O–H groups in total. The van der Waals surface area contributed by atoms with Gasteiger partial charge >= 0.3 is 0 Å². The zero-order chi connectivity index (χ0) is 23.8. The summed E-state index contributed by atoms with van der Waals surface area (Å²) in [7, 11) is 1.73. The van der Waals surface area contributed by atoms with Gasteiger partial charge < -0.3 is 10.6 Å². The number of anilines is 2. The first-order valence-electron chi connectivity index (χ1n) is 11.5. The van der Waals surface area contributed by atoms with Crippen molar-refractivity contribution in [3.8, 4) is 0 Å². The van der Waals surface area contributed by atoms with Gasteiger partial charge in [0.05, 0.1) is 5.56 Å². The summed E-state index contributed by atoms with van der Waals surface area (Å²) in [5.74, 6) is 0.126. The van der Waals surface area contributed by atoms with Crippen LogP contribution in [0.3, 0.4) is 0 Å². The van der Waals surface area contributed by atoms with Gasteiger partial charge in [-0.3, -0.25) is 14.3 Å². The highest BCUT2D eigenvalue weighted by Gasteiger charge is 2.35. The van der Waals surface area contributed by atoms with Gasteiger partial charge in [-0.1, -0.05) is 45.4 Å². The van der Waals surface area contributed by atoms with Crippen molar-refractivity contribution >= 4 is 33.8 Å². The molecular formula is C26H32N4O2S. The van der Waals surface area contributed by atoms with Gasteiger partial charge in [-0.15, -0.1) is 11.3 Å². The van der Waals surface area contributed by atoms with Crippen molar-refractivity contribution in [2.24, 2.45) is 18.4 Å². The Kier molecular flexibility index (Phi) is 6.43. The minimum absolute atomic E-state index is 0.171. The molecule has 0 saturated carbocycles. The van der Waals surface area contributed by atoms with E-state index in [1.807, 2.05) is 31.2 Å². The molecule has 2 heterocycles. The molecular weight excluding hydrogens is 432 g/mol. The Morgan fingerprint density at radius 1 is 1.18 bits per heavy atom. The number of aryl methyl sites for hydroxylation is 2. The fourth-order valence-electron chi connectivity index (χ4n) is 4.53. The minimum atomic E-state index is -0.260. The van der Waals surface area contributed by atoms with Gasteiger partial charge in [-0.25, -0.2) is 0 Å². The molecule has 7 heteroatoms. The maximum Gasteiger partial charge on any atom is 0.274 e. The van der Waals surface area contributed by atoms with Crippen molar-refractivity contribution in [1.82, 2.24) is 9.78 Å². The normalized spacial score (nSPS) is 15.7. The molecule has 0 saturated heterocycles. The summed E-state index contributed by atoms with van der Waals surface area (Å²) in [6.45, 7) is 8.87. The standard InChI is InChI=1S/C26H32N4O2S/c1-6-26(3,4)17-11-12-18-21(15-17)33-25(29-23(31)20-13-14-27-30(20)5)22(18)24(32)28-19-10-8-7-9-16(19)2/h7-10,13-14,17H,6,11-12,15H2,1-5H3,(H,28,32)(H,29,31)/t17-/m1/s1. The van der Waals surface area contributed by atoms with Crippen LogP contribution >= 0.6 is 11.3 Å². The Bertz CT molecular complexity index is 1190. The summed E-state index contributed by atoms with van der Waals surface area (Å²) in [6.07, 6.45) is 5.54. The van der Waals surface area contributed by atoms with Crippen molar-refractivity contribution in [3.05, 3.63) is 63.8 Å². The molecule has 1 atom stereocenters. The van der Waals surface area contributed by atoms with Crippen molar-refractivity contribution in [3.63, 3.8) is 0 Å². The fourth-order valence-corrected chi connectivity index (χ4v) is 5.85. The molecule has 0 aliphatic heterocycles. The molecule has 2 aromatic heterocycles. The number of carbonyl (C=O) groups is 2. The quantitative estimate of drug-likeness (QED) is 0.481. The second-order valence-electron chi connectivity index (χ2n) is 9.55. The number of benzene rings is 1. The first-order chi connectivity index (χ1) is 15.7. The van der Waals surface area contributed by atoms with E-state index < -0.39 is 0 Å². The molecule has 3 aromatic rings. The third kappa shape index (κ3) is 4.60. The van der Waals surface area contributed by atoms with E-state index in [1.54, 1.807) is 30.6 Å². The number of para-hydroxylation sites is 1. The summed E-state index contributed by atoms with van der Waals surface area (Å²) in [5.41, 5.74) is 4.16. The third-order valence-electron chi connectivity index (χ3n) is 7.18. The zero-order valence-electron chi connectivity index (χ0n) is 20.0. The molecule has 0 unspecified atom stereocenters. The average molecular weight is 465 g/mol. The van der Waals surface area contributed by atoms with E-state index in [4.69, 9.17) is 0 Å². The maximum atomic E-state index is 13.5. The van der Waals surface area contributed by atoms with Crippen molar-refractivity contribution in [2.45, 2.75) is 53.4 Å². The predicted octanol–water partition coefficient (Wildman–Crippen LogP) is 5.84. The van der Waals surface area contributed by atoms with Crippen LogP contribution in [-0.4, -0.2) is 21.6 Å². The van der Waals surface area contributed by atoms with Gasteiger partial charge in [0.2, 0.25) is 0 Å². The van der Waals surface area contributed by atoms with Crippen LogP contribution in [-0.2, 0) is 19.9 Å². The molecule has 0 spiro atoms. The highest BCUT2D eigenvalue weighted by molar-refractivity contribution is 7.17. The Hall–Kier alpha value is -2.93. The molecule has 1 aliphatic carbocycles. The van der Waals surface area contributed by atoms with Crippen LogP contribution < -0.4 is 10.6 Å². The summed E-state index contributed by atoms with van der Waals surface area (Å²) in [6, 6.07) is 9.41. The van der Waals surface area contributed by atoms with Gasteiger partial charge in [0, 0.05) is 23.8 Å². The van der Waals surface area contributed by atoms with E-state index in [2.05, 4.69) is 36.5 Å². The highest BCUT2D eigenvalue weighted by Crippen LogP contribution is 2.45. The molecule has 0 radical (unpaired) electrons. The van der Waals surface area contributed by atoms with Crippen LogP contribution in [0.25, 0.3) is 0 Å². The van der Waals surface area contributed by atoms with Gasteiger partial charge in [0.25, 0.3) is 11.8 Å². The lowest BCUT2D eigenvalue weighted by atomic mass is 9.69. The Labute approximate surface area is 199 Å². The van der Waals surface area contributed by atoms with Crippen molar-refractivity contribution in [1.29, 1.82) is 0 Å². The summed E-state index contributed by atoms with van der Waals surface area (Å²) in [5, 5.41) is 10.8. The van der Waals surface area contributed by atoms with E-state index >= 15 is 0 Å². The summed E-state index contributed by atoms with van der Waals surface area (Å²) >= 11 is 1.54. The third-order valence-corrected chi connectivity index (χ3v) is 8.35. The topological polar surface area (TPSA) is 76.0 Å². The molecule has 2 amide bonds. The Morgan fingerprint density at radius 2 is 1.94 bits per heavy atom. The van der Waals surface area contributed by atoms with Crippen LogP contribution in [0, 0.1) is 18.3 Å². The van der Waals surface area contributed by atoms with Crippen LogP contribution in [0.15, 0.2) is 36.5 Å². The highest BCUT2D eigenvalue weighted by atomic mass is 32.1. The second kappa shape index (κ2) is 9.14. The van der Waals surface area contributed by atoms with Gasteiger partial charge in [-0.05, 0) is 60.8 Å². The molecule has 1 aromatic carbocycles. The van der Waals surface area contributed by atoms with E-state index in [0.29, 0.717) is 22.2 Å². The SMILES string of the molecule is CCC(C)(C)[C@@H]1CCc2c(sc(NC(=O)c3ccnn3C)c2C(=O)Nc2ccccc2C)C1. The smallest absolute Gasteiger partial charge is 0.274 e. The number of carbonyl (C=O) groups excluding carboxylic acids is 2. The monoisotopic (exact) mass is 464 g/mol. The van der Waals surface area contributed by atoms with Crippen molar-refractivity contribution in [2.75, 3.05) is 10.6 Å². The van der Waals surface area contributed by atoms with Crippen LogP contribution in [0.5, 0.6) is 0 Å². The largest absolute Gasteiger partial charge is 0.322 e. The van der Waals surface area contributed by atoms with Crippen LogP contribution in [0.4, 0.5) is 10.7 Å². The molecule has 1 aliphatic rings. The van der Waals surface area contributed by atoms with Crippen LogP contribution in [0.1, 0.15) is 70.5 Å². The van der Waals surface area contributed by atoms with Gasteiger partial charge in [-0.2, -0.15) is 5.10 Å². The summed E-state index contributed by atoms with van der Waals surface area (Å²) < 4.78 is 1.54. The molecule has 174 valence electrons. The number of thiophene rings is 1. The lowest BCUT2D eigenvalue weighted by Crippen LogP contribution is -2.29. The number of nitrogens with one attached hydrogen (secondary N) is 2. The lowest BCUT2D eigenvalue weighted by Gasteiger charge is -2.36. The number of aromatic nitrogens is 2. The molecule has 4 rings (SSSR count). The average Bonchev–Trinajstić information content (AvgIpc) is 3.37. The number of hydrogen-bond donors (Lipinski definition) is 2. The van der Waals surface area contributed by atoms with Crippen molar-refractivity contribution < 1.29 is 9.59 Å². The minimum Gasteiger partial charge on any atom is -0.322 e. The number of hydrogen-bond acceptors (Lipinski definition) is 4. The number of nitrogens with zero attached hydrogens (tertiary/aromatic N) is 2. The van der Waals surface area contributed by atoms with E-state index in [9.17, 15) is 9.59 Å². The molecule has 33 heavy (non-hydrogen) atoms. The number of amides is 2. The molecule has 0 bridgehead atoms. The zero-order valence-corrected chi connectivity index (χ0v) is 20.8. The first-order valence-corrected chi connectivity index (χ1v) is 12.3.